The van der Waals surface area contributed by atoms with Gasteiger partial charge in [-0.25, -0.2) is 0 Å². The third-order valence-electron chi connectivity index (χ3n) is 4.06. The molecule has 1 heterocycles. The summed E-state index contributed by atoms with van der Waals surface area (Å²) in [6.07, 6.45) is 10.1. The van der Waals surface area contributed by atoms with Crippen LogP contribution in [0.5, 0.6) is 0 Å². The Labute approximate surface area is 98.1 Å². The maximum atomic E-state index is 11.7. The standard InChI is InChI=1S/C13H23NO2/c1-16-13(15)12-9-6-10-14(12)11-7-4-2-3-5-8-11/h11-12H,2-10H2,1H3. The lowest BCUT2D eigenvalue weighted by molar-refractivity contribution is -0.146. The van der Waals surface area contributed by atoms with Crippen LogP contribution in [-0.2, 0) is 9.53 Å². The van der Waals surface area contributed by atoms with Gasteiger partial charge in [-0.2, -0.15) is 0 Å². The maximum absolute atomic E-state index is 11.7. The SMILES string of the molecule is COC(=O)C1CCCN1C1CCCCCC1. The fraction of sp³-hybridized carbons (Fsp3) is 0.923. The maximum Gasteiger partial charge on any atom is 0.323 e. The number of hydrogen-bond donors (Lipinski definition) is 0. The highest BCUT2D eigenvalue weighted by atomic mass is 16.5. The highest BCUT2D eigenvalue weighted by Crippen LogP contribution is 2.28. The molecule has 16 heavy (non-hydrogen) atoms. The number of methoxy groups -OCH3 is 1. The predicted molar refractivity (Wildman–Crippen MR) is 63.2 cm³/mol. The lowest BCUT2D eigenvalue weighted by Gasteiger charge is -2.30. The first-order valence-corrected chi connectivity index (χ1v) is 6.66. The molecule has 0 N–H and O–H groups in total. The number of rotatable bonds is 2. The lowest BCUT2D eigenvalue weighted by Crippen LogP contribution is -2.43. The van der Waals surface area contributed by atoms with E-state index in [1.54, 1.807) is 0 Å². The molecular weight excluding hydrogens is 202 g/mol. The van der Waals surface area contributed by atoms with E-state index in [9.17, 15) is 4.79 Å². The smallest absolute Gasteiger partial charge is 0.323 e. The van der Waals surface area contributed by atoms with Crippen LogP contribution in [0.15, 0.2) is 0 Å². The largest absolute Gasteiger partial charge is 0.468 e. The lowest BCUT2D eigenvalue weighted by atomic mass is 10.1. The monoisotopic (exact) mass is 225 g/mol. The van der Waals surface area contributed by atoms with Crippen LogP contribution < -0.4 is 0 Å². The van der Waals surface area contributed by atoms with E-state index in [0.29, 0.717) is 6.04 Å². The molecule has 1 saturated carbocycles. The zero-order chi connectivity index (χ0) is 11.4. The quantitative estimate of drug-likeness (QED) is 0.533. The second-order valence-corrected chi connectivity index (χ2v) is 5.06. The molecule has 0 bridgehead atoms. The molecule has 1 unspecified atom stereocenters. The van der Waals surface area contributed by atoms with Crippen molar-refractivity contribution in [1.29, 1.82) is 0 Å². The Balaban J connectivity index is 1.97. The van der Waals surface area contributed by atoms with Crippen LogP contribution in [0.3, 0.4) is 0 Å². The average molecular weight is 225 g/mol. The van der Waals surface area contributed by atoms with Crippen LogP contribution in [0, 0.1) is 0 Å². The molecule has 0 radical (unpaired) electrons. The summed E-state index contributed by atoms with van der Waals surface area (Å²) in [7, 11) is 1.51. The number of carbonyl (C=O) groups is 1. The number of esters is 1. The number of likely N-dealkylation sites (tertiary alicyclic amines) is 1. The molecular formula is C13H23NO2. The van der Waals surface area contributed by atoms with Gasteiger partial charge in [0.15, 0.2) is 0 Å². The van der Waals surface area contributed by atoms with E-state index >= 15 is 0 Å². The van der Waals surface area contributed by atoms with Crippen molar-refractivity contribution in [2.75, 3.05) is 13.7 Å². The predicted octanol–water partition coefficient (Wildman–Crippen LogP) is 2.35. The third-order valence-corrected chi connectivity index (χ3v) is 4.06. The van der Waals surface area contributed by atoms with Gasteiger partial charge in [0, 0.05) is 6.04 Å². The summed E-state index contributed by atoms with van der Waals surface area (Å²) in [5, 5.41) is 0. The van der Waals surface area contributed by atoms with Gasteiger partial charge < -0.3 is 4.74 Å². The van der Waals surface area contributed by atoms with Gasteiger partial charge in [-0.1, -0.05) is 25.7 Å². The molecule has 92 valence electrons. The van der Waals surface area contributed by atoms with Crippen molar-refractivity contribution in [3.05, 3.63) is 0 Å². The molecule has 2 rings (SSSR count). The van der Waals surface area contributed by atoms with Crippen molar-refractivity contribution in [3.63, 3.8) is 0 Å². The highest BCUT2D eigenvalue weighted by molar-refractivity contribution is 5.76. The molecule has 2 fully saturated rings. The van der Waals surface area contributed by atoms with Crippen molar-refractivity contribution < 1.29 is 9.53 Å². The van der Waals surface area contributed by atoms with E-state index in [1.807, 2.05) is 0 Å². The summed E-state index contributed by atoms with van der Waals surface area (Å²) < 4.78 is 4.91. The van der Waals surface area contributed by atoms with Gasteiger partial charge in [-0.15, -0.1) is 0 Å². The molecule has 3 heteroatoms. The summed E-state index contributed by atoms with van der Waals surface area (Å²) in [6.45, 7) is 1.09. The van der Waals surface area contributed by atoms with Gasteiger partial charge >= 0.3 is 5.97 Å². The van der Waals surface area contributed by atoms with E-state index in [4.69, 9.17) is 4.74 Å². The summed E-state index contributed by atoms with van der Waals surface area (Å²) in [5.41, 5.74) is 0. The van der Waals surface area contributed by atoms with Crippen molar-refractivity contribution in [2.45, 2.75) is 63.5 Å². The van der Waals surface area contributed by atoms with Crippen molar-refractivity contribution >= 4 is 5.97 Å². The van der Waals surface area contributed by atoms with E-state index in [-0.39, 0.29) is 12.0 Å². The number of ether oxygens (including phenoxy) is 1. The van der Waals surface area contributed by atoms with E-state index in [1.165, 1.54) is 45.6 Å². The Morgan fingerprint density at radius 2 is 1.75 bits per heavy atom. The summed E-state index contributed by atoms with van der Waals surface area (Å²) in [6, 6.07) is 0.683. The van der Waals surface area contributed by atoms with Crippen LogP contribution >= 0.6 is 0 Å². The minimum absolute atomic E-state index is 0.0262. The fourth-order valence-electron chi connectivity index (χ4n) is 3.20. The van der Waals surface area contributed by atoms with E-state index in [2.05, 4.69) is 4.90 Å². The summed E-state index contributed by atoms with van der Waals surface area (Å²) in [5.74, 6) is -0.0262. The van der Waals surface area contributed by atoms with Gasteiger partial charge in [0.2, 0.25) is 0 Å². The van der Waals surface area contributed by atoms with Gasteiger partial charge in [-0.05, 0) is 32.2 Å². The normalized spacial score (nSPS) is 28.9. The highest BCUT2D eigenvalue weighted by Gasteiger charge is 2.35. The third kappa shape index (κ3) is 2.57. The first kappa shape index (κ1) is 11.9. The topological polar surface area (TPSA) is 29.5 Å². The zero-order valence-electron chi connectivity index (χ0n) is 10.3. The second-order valence-electron chi connectivity index (χ2n) is 5.06. The second kappa shape index (κ2) is 5.67. The van der Waals surface area contributed by atoms with Crippen LogP contribution in [0.2, 0.25) is 0 Å². The van der Waals surface area contributed by atoms with E-state index < -0.39 is 0 Å². The molecule has 0 aromatic rings. The van der Waals surface area contributed by atoms with Gasteiger partial charge in [0.1, 0.15) is 6.04 Å². The van der Waals surface area contributed by atoms with Crippen molar-refractivity contribution in [1.82, 2.24) is 4.90 Å². The molecule has 1 aliphatic carbocycles. The Kier molecular flexibility index (Phi) is 4.22. The van der Waals surface area contributed by atoms with Crippen LogP contribution in [-0.4, -0.2) is 36.6 Å². The first-order chi connectivity index (χ1) is 7.83. The van der Waals surface area contributed by atoms with Crippen LogP contribution in [0.1, 0.15) is 51.4 Å². The zero-order valence-corrected chi connectivity index (χ0v) is 10.3. The molecule has 0 amide bonds. The van der Waals surface area contributed by atoms with Crippen molar-refractivity contribution in [3.8, 4) is 0 Å². The Morgan fingerprint density at radius 1 is 1.06 bits per heavy atom. The average Bonchev–Trinajstić information content (AvgIpc) is 2.64. The number of hydrogen-bond acceptors (Lipinski definition) is 3. The summed E-state index contributed by atoms with van der Waals surface area (Å²) in [4.78, 5) is 14.1. The Hall–Kier alpha value is -0.570. The summed E-state index contributed by atoms with van der Waals surface area (Å²) >= 11 is 0. The minimum atomic E-state index is -0.0262. The molecule has 0 aromatic heterocycles. The van der Waals surface area contributed by atoms with E-state index in [0.717, 1.165) is 19.4 Å². The van der Waals surface area contributed by atoms with Gasteiger partial charge in [0.25, 0.3) is 0 Å². The first-order valence-electron chi connectivity index (χ1n) is 6.66. The Bertz CT molecular complexity index is 234. The van der Waals surface area contributed by atoms with Crippen LogP contribution in [0.4, 0.5) is 0 Å². The molecule has 1 atom stereocenters. The molecule has 0 aromatic carbocycles. The Morgan fingerprint density at radius 3 is 2.38 bits per heavy atom. The molecule has 0 spiro atoms. The molecule has 1 saturated heterocycles. The van der Waals surface area contributed by atoms with Crippen molar-refractivity contribution in [2.24, 2.45) is 0 Å². The van der Waals surface area contributed by atoms with Gasteiger partial charge in [0.05, 0.1) is 7.11 Å². The fourth-order valence-corrected chi connectivity index (χ4v) is 3.20. The molecule has 3 nitrogen and oxygen atoms in total. The van der Waals surface area contributed by atoms with Crippen LogP contribution in [0.25, 0.3) is 0 Å². The minimum Gasteiger partial charge on any atom is -0.468 e. The number of carbonyl (C=O) groups excluding carboxylic acids is 1. The van der Waals surface area contributed by atoms with Gasteiger partial charge in [-0.3, -0.25) is 9.69 Å². The number of nitrogens with zero attached hydrogens (tertiary/aromatic N) is 1. The molecule has 1 aliphatic heterocycles. The molecule has 2 aliphatic rings.